The molecule has 4 heteroatoms. The van der Waals surface area contributed by atoms with Gasteiger partial charge in [-0.3, -0.25) is 4.90 Å². The smallest absolute Gasteiger partial charge is 0.410 e. The molecule has 1 amide bonds. The molecular weight excluding hydrogens is 228 g/mol. The molecule has 0 radical (unpaired) electrons. The summed E-state index contributed by atoms with van der Waals surface area (Å²) in [6, 6.07) is 1.78. The highest BCUT2D eigenvalue weighted by molar-refractivity contribution is 5.69. The van der Waals surface area contributed by atoms with Crippen molar-refractivity contribution >= 4 is 6.09 Å². The zero-order chi connectivity index (χ0) is 12.9. The number of nitrogens with zero attached hydrogens (tertiary/aromatic N) is 2. The Bertz CT molecular complexity index is 346. The van der Waals surface area contributed by atoms with E-state index in [1.165, 1.54) is 19.3 Å². The molecule has 18 heavy (non-hydrogen) atoms. The van der Waals surface area contributed by atoms with Crippen molar-refractivity contribution < 1.29 is 9.53 Å². The topological polar surface area (TPSA) is 32.8 Å². The van der Waals surface area contributed by atoms with Crippen molar-refractivity contribution in [3.63, 3.8) is 0 Å². The molecule has 2 bridgehead atoms. The number of carbonyl (C=O) groups is 1. The Morgan fingerprint density at radius 3 is 2.11 bits per heavy atom. The number of carbonyl (C=O) groups excluding carboxylic acids is 1. The molecule has 3 saturated heterocycles. The lowest BCUT2D eigenvalue weighted by Gasteiger charge is -2.51. The number of hydrogen-bond donors (Lipinski definition) is 0. The van der Waals surface area contributed by atoms with Gasteiger partial charge >= 0.3 is 6.09 Å². The van der Waals surface area contributed by atoms with E-state index in [-0.39, 0.29) is 11.7 Å². The summed E-state index contributed by atoms with van der Waals surface area (Å²) in [5, 5.41) is 0. The molecule has 0 spiro atoms. The third-order valence-corrected chi connectivity index (χ3v) is 4.22. The summed E-state index contributed by atoms with van der Waals surface area (Å²) >= 11 is 0. The third kappa shape index (κ3) is 2.35. The number of ether oxygens (including phenoxy) is 1. The fraction of sp³-hybridized carbons (Fsp3) is 0.929. The van der Waals surface area contributed by atoms with E-state index in [0.29, 0.717) is 12.1 Å². The molecule has 3 aliphatic heterocycles. The first-order valence-corrected chi connectivity index (χ1v) is 7.19. The molecule has 0 aromatic carbocycles. The quantitative estimate of drug-likeness (QED) is 0.717. The second-order valence-corrected chi connectivity index (χ2v) is 6.95. The average molecular weight is 252 g/mol. The molecule has 2 unspecified atom stereocenters. The molecule has 4 aliphatic rings. The summed E-state index contributed by atoms with van der Waals surface area (Å²) in [6.45, 7) is 7.74. The highest BCUT2D eigenvalue weighted by atomic mass is 16.6. The van der Waals surface area contributed by atoms with E-state index >= 15 is 0 Å². The Morgan fingerprint density at radius 1 is 1.00 bits per heavy atom. The van der Waals surface area contributed by atoms with Crippen LogP contribution in [0, 0.1) is 0 Å². The van der Waals surface area contributed by atoms with Gasteiger partial charge in [0.2, 0.25) is 0 Å². The number of piperazine rings is 1. The first-order chi connectivity index (χ1) is 8.44. The van der Waals surface area contributed by atoms with Crippen LogP contribution in [0.25, 0.3) is 0 Å². The zero-order valence-electron chi connectivity index (χ0n) is 11.7. The van der Waals surface area contributed by atoms with Crippen molar-refractivity contribution in [2.75, 3.05) is 13.1 Å². The number of amides is 1. The average Bonchev–Trinajstić information content (AvgIpc) is 3.10. The molecular formula is C14H24N2O2. The van der Waals surface area contributed by atoms with Gasteiger partial charge in [-0.25, -0.2) is 4.79 Å². The van der Waals surface area contributed by atoms with Gasteiger partial charge in [-0.15, -0.1) is 0 Å². The van der Waals surface area contributed by atoms with Gasteiger partial charge in [-0.1, -0.05) is 0 Å². The summed E-state index contributed by atoms with van der Waals surface area (Å²) in [5.41, 5.74) is -0.385. The number of piperidine rings is 2. The van der Waals surface area contributed by atoms with Gasteiger partial charge in [0.05, 0.1) is 0 Å². The van der Waals surface area contributed by atoms with Crippen molar-refractivity contribution in [1.29, 1.82) is 0 Å². The molecule has 4 nitrogen and oxygen atoms in total. The molecule has 1 aliphatic carbocycles. The fourth-order valence-corrected chi connectivity index (χ4v) is 3.26. The van der Waals surface area contributed by atoms with Gasteiger partial charge < -0.3 is 9.64 Å². The standard InChI is InChI=1S/C14H24N2O2/c1-14(2,3)18-13(17)16-9-11-6-7-12(16)8-15(11)10-4-5-10/h10-12H,4-9H2,1-3H3. The lowest BCUT2D eigenvalue weighted by Crippen LogP contribution is -2.64. The summed E-state index contributed by atoms with van der Waals surface area (Å²) in [7, 11) is 0. The van der Waals surface area contributed by atoms with Crippen LogP contribution in [0.5, 0.6) is 0 Å². The van der Waals surface area contributed by atoms with E-state index < -0.39 is 0 Å². The summed E-state index contributed by atoms with van der Waals surface area (Å²) in [6.07, 6.45) is 4.99. The number of rotatable bonds is 1. The SMILES string of the molecule is CC(C)(C)OC(=O)N1CC2CCC1CN2C1CC1. The second-order valence-electron chi connectivity index (χ2n) is 6.95. The van der Waals surface area contributed by atoms with Crippen molar-refractivity contribution in [2.45, 2.75) is 70.2 Å². The van der Waals surface area contributed by atoms with Gasteiger partial charge in [0.15, 0.2) is 0 Å². The molecule has 0 N–H and O–H groups in total. The Kier molecular flexibility index (Phi) is 2.81. The van der Waals surface area contributed by atoms with Gasteiger partial charge in [-0.05, 0) is 46.5 Å². The van der Waals surface area contributed by atoms with Crippen LogP contribution < -0.4 is 0 Å². The van der Waals surface area contributed by atoms with E-state index in [2.05, 4.69) is 4.90 Å². The molecule has 0 aromatic rings. The molecule has 1 saturated carbocycles. The molecule has 102 valence electrons. The van der Waals surface area contributed by atoms with E-state index in [0.717, 1.165) is 25.6 Å². The summed E-state index contributed by atoms with van der Waals surface area (Å²) in [5.74, 6) is 0. The molecule has 0 aromatic heterocycles. The van der Waals surface area contributed by atoms with Crippen LogP contribution in [0.4, 0.5) is 4.79 Å². The van der Waals surface area contributed by atoms with Crippen molar-refractivity contribution in [3.05, 3.63) is 0 Å². The normalized spacial score (nSPS) is 32.7. The van der Waals surface area contributed by atoms with Crippen LogP contribution in [0.1, 0.15) is 46.5 Å². The van der Waals surface area contributed by atoms with E-state index in [1.54, 1.807) is 0 Å². The Balaban J connectivity index is 1.64. The summed E-state index contributed by atoms with van der Waals surface area (Å²) < 4.78 is 5.51. The predicted molar refractivity (Wildman–Crippen MR) is 69.5 cm³/mol. The maximum atomic E-state index is 12.2. The minimum absolute atomic E-state index is 0.118. The minimum atomic E-state index is -0.385. The van der Waals surface area contributed by atoms with Crippen LogP contribution in [-0.2, 0) is 4.74 Å². The highest BCUT2D eigenvalue weighted by Gasteiger charge is 2.46. The Hall–Kier alpha value is -0.770. The Morgan fingerprint density at radius 2 is 1.61 bits per heavy atom. The number of fused-ring (bicyclic) bond motifs is 3. The second kappa shape index (κ2) is 4.12. The minimum Gasteiger partial charge on any atom is -0.444 e. The van der Waals surface area contributed by atoms with Crippen molar-refractivity contribution in [3.8, 4) is 0 Å². The zero-order valence-corrected chi connectivity index (χ0v) is 11.7. The van der Waals surface area contributed by atoms with Crippen molar-refractivity contribution in [1.82, 2.24) is 9.80 Å². The van der Waals surface area contributed by atoms with Gasteiger partial charge in [-0.2, -0.15) is 0 Å². The van der Waals surface area contributed by atoms with Crippen LogP contribution in [0.2, 0.25) is 0 Å². The van der Waals surface area contributed by atoms with Crippen LogP contribution in [-0.4, -0.2) is 52.7 Å². The number of hydrogen-bond acceptors (Lipinski definition) is 3. The van der Waals surface area contributed by atoms with Gasteiger partial charge in [0.25, 0.3) is 0 Å². The molecule has 4 rings (SSSR count). The molecule has 2 atom stereocenters. The van der Waals surface area contributed by atoms with Crippen LogP contribution in [0.15, 0.2) is 0 Å². The molecule has 3 heterocycles. The van der Waals surface area contributed by atoms with E-state index in [4.69, 9.17) is 4.74 Å². The van der Waals surface area contributed by atoms with E-state index in [9.17, 15) is 4.79 Å². The summed E-state index contributed by atoms with van der Waals surface area (Å²) in [4.78, 5) is 16.8. The van der Waals surface area contributed by atoms with Crippen LogP contribution in [0.3, 0.4) is 0 Å². The Labute approximate surface area is 109 Å². The highest BCUT2D eigenvalue weighted by Crippen LogP contribution is 2.37. The molecule has 4 fully saturated rings. The van der Waals surface area contributed by atoms with E-state index in [1.807, 2.05) is 25.7 Å². The maximum Gasteiger partial charge on any atom is 0.410 e. The third-order valence-electron chi connectivity index (χ3n) is 4.22. The lowest BCUT2D eigenvalue weighted by atomic mass is 9.91. The fourth-order valence-electron chi connectivity index (χ4n) is 3.26. The van der Waals surface area contributed by atoms with Gasteiger partial charge in [0.1, 0.15) is 5.60 Å². The first-order valence-electron chi connectivity index (χ1n) is 7.19. The van der Waals surface area contributed by atoms with Crippen molar-refractivity contribution in [2.24, 2.45) is 0 Å². The largest absolute Gasteiger partial charge is 0.444 e. The monoisotopic (exact) mass is 252 g/mol. The van der Waals surface area contributed by atoms with Gasteiger partial charge in [0, 0.05) is 31.2 Å². The predicted octanol–water partition coefficient (Wildman–Crippen LogP) is 2.23. The lowest BCUT2D eigenvalue weighted by molar-refractivity contribution is -0.0437. The van der Waals surface area contributed by atoms with Crippen LogP contribution >= 0.6 is 0 Å². The maximum absolute atomic E-state index is 12.2. The first kappa shape index (κ1) is 12.3.